The Morgan fingerprint density at radius 3 is 2.34 bits per heavy atom. The number of hydrazone groups is 1. The second kappa shape index (κ2) is 9.50. The number of nitrogens with zero attached hydrogens (tertiary/aromatic N) is 4. The van der Waals surface area contributed by atoms with E-state index in [0.29, 0.717) is 11.3 Å². The van der Waals surface area contributed by atoms with Crippen LogP contribution in [-0.4, -0.2) is 41.6 Å². The lowest BCUT2D eigenvalue weighted by Crippen LogP contribution is -2.21. The molecule has 0 bridgehead atoms. The third-order valence-corrected chi connectivity index (χ3v) is 4.47. The van der Waals surface area contributed by atoms with Gasteiger partial charge >= 0.3 is 0 Å². The first-order chi connectivity index (χ1) is 14.1. The van der Waals surface area contributed by atoms with Crippen LogP contribution in [0.1, 0.15) is 19.4 Å². The van der Waals surface area contributed by atoms with Gasteiger partial charge in [-0.15, -0.1) is 10.2 Å². The summed E-state index contributed by atoms with van der Waals surface area (Å²) >= 11 is 0. The molecule has 0 spiro atoms. The highest BCUT2D eigenvalue weighted by atomic mass is 16.5. The maximum atomic E-state index is 12.3. The molecule has 3 aromatic rings. The molecule has 3 rings (SSSR count). The molecule has 8 nitrogen and oxygen atoms in total. The predicted molar refractivity (Wildman–Crippen MR) is 116 cm³/mol. The first-order valence-corrected chi connectivity index (χ1v) is 9.40. The molecule has 0 radical (unpaired) electrons. The van der Waals surface area contributed by atoms with Gasteiger partial charge in [0.2, 0.25) is 5.95 Å². The van der Waals surface area contributed by atoms with E-state index in [-0.39, 0.29) is 17.2 Å². The average molecular weight is 392 g/mol. The number of nitrogens with one attached hydrogen (secondary N) is 2. The number of rotatable bonds is 8. The molecule has 0 amide bonds. The van der Waals surface area contributed by atoms with E-state index in [0.717, 1.165) is 18.7 Å². The highest BCUT2D eigenvalue weighted by molar-refractivity contribution is 5.80. The maximum Gasteiger partial charge on any atom is 0.279 e. The lowest BCUT2D eigenvalue weighted by Gasteiger charge is -2.20. The van der Waals surface area contributed by atoms with Crippen molar-refractivity contribution in [2.24, 2.45) is 5.10 Å². The molecule has 0 atom stereocenters. The van der Waals surface area contributed by atoms with Crippen molar-refractivity contribution in [2.75, 3.05) is 30.5 Å². The molecule has 0 fully saturated rings. The van der Waals surface area contributed by atoms with Crippen LogP contribution in [0.25, 0.3) is 11.3 Å². The largest absolute Gasteiger partial charge is 0.497 e. The highest BCUT2D eigenvalue weighted by Crippen LogP contribution is 2.17. The van der Waals surface area contributed by atoms with Crippen molar-refractivity contribution in [1.82, 2.24) is 15.2 Å². The highest BCUT2D eigenvalue weighted by Gasteiger charge is 2.07. The Morgan fingerprint density at radius 1 is 1.07 bits per heavy atom. The number of hydrogen-bond donors (Lipinski definition) is 2. The quantitative estimate of drug-likeness (QED) is 0.452. The van der Waals surface area contributed by atoms with Crippen molar-refractivity contribution >= 4 is 17.9 Å². The van der Waals surface area contributed by atoms with Crippen molar-refractivity contribution in [3.8, 4) is 17.0 Å². The predicted octanol–water partition coefficient (Wildman–Crippen LogP) is 3.13. The second-order valence-corrected chi connectivity index (χ2v) is 6.21. The zero-order valence-electron chi connectivity index (χ0n) is 16.7. The molecule has 0 aliphatic heterocycles. The Labute approximate surface area is 169 Å². The molecule has 0 aliphatic rings. The molecule has 0 aliphatic carbocycles. The van der Waals surface area contributed by atoms with Gasteiger partial charge in [-0.25, -0.2) is 5.43 Å². The van der Waals surface area contributed by atoms with Crippen LogP contribution in [0.5, 0.6) is 5.75 Å². The van der Waals surface area contributed by atoms with Gasteiger partial charge in [-0.05, 0) is 55.8 Å². The van der Waals surface area contributed by atoms with Gasteiger partial charge in [-0.3, -0.25) is 9.78 Å². The zero-order valence-corrected chi connectivity index (χ0v) is 16.7. The molecular weight excluding hydrogens is 368 g/mol. The summed E-state index contributed by atoms with van der Waals surface area (Å²) in [7, 11) is 1.59. The smallest absolute Gasteiger partial charge is 0.279 e. The lowest BCUT2D eigenvalue weighted by molar-refractivity contribution is 0.415. The fourth-order valence-corrected chi connectivity index (χ4v) is 2.85. The van der Waals surface area contributed by atoms with Crippen LogP contribution in [0.2, 0.25) is 0 Å². The molecule has 2 aromatic carbocycles. The molecule has 1 aromatic heterocycles. The molecule has 1 heterocycles. The van der Waals surface area contributed by atoms with Gasteiger partial charge in [0.25, 0.3) is 5.56 Å². The van der Waals surface area contributed by atoms with E-state index in [4.69, 9.17) is 4.74 Å². The van der Waals surface area contributed by atoms with E-state index in [1.54, 1.807) is 37.6 Å². The molecular formula is C21H24N6O2. The first kappa shape index (κ1) is 20.1. The van der Waals surface area contributed by atoms with Crippen LogP contribution in [0.3, 0.4) is 0 Å². The van der Waals surface area contributed by atoms with Crippen molar-refractivity contribution < 1.29 is 4.74 Å². The topological polar surface area (TPSA) is 95.5 Å². The van der Waals surface area contributed by atoms with Crippen molar-refractivity contribution in [1.29, 1.82) is 0 Å². The number of ether oxygens (including phenoxy) is 1. The Morgan fingerprint density at radius 2 is 1.76 bits per heavy atom. The van der Waals surface area contributed by atoms with Crippen molar-refractivity contribution in [2.45, 2.75) is 13.8 Å². The van der Waals surface area contributed by atoms with Crippen molar-refractivity contribution in [3.05, 3.63) is 64.4 Å². The Hall–Kier alpha value is -3.68. The fourth-order valence-electron chi connectivity index (χ4n) is 2.85. The van der Waals surface area contributed by atoms with Gasteiger partial charge in [-0.2, -0.15) is 5.10 Å². The zero-order chi connectivity index (χ0) is 20.6. The summed E-state index contributed by atoms with van der Waals surface area (Å²) in [6, 6.07) is 15.1. The standard InChI is InChI=1S/C21H24N6O2/c1-4-27(5-2)17-10-6-15(7-11-17)14-22-25-21-23-20(28)19(24-26-21)16-8-12-18(29-3)13-9-16/h6-14H,4-5H2,1-3H3,(H2,23,25,26,28)/b22-14+. The summed E-state index contributed by atoms with van der Waals surface area (Å²) in [6.45, 7) is 6.18. The minimum Gasteiger partial charge on any atom is -0.497 e. The maximum absolute atomic E-state index is 12.3. The Kier molecular flexibility index (Phi) is 6.57. The van der Waals surface area contributed by atoms with Gasteiger partial charge in [0.1, 0.15) is 5.75 Å². The SMILES string of the molecule is CCN(CC)c1ccc(/C=N/Nc2nnc(-c3ccc(OC)cc3)c(=O)[nH]2)cc1. The molecule has 29 heavy (non-hydrogen) atoms. The summed E-state index contributed by atoms with van der Waals surface area (Å²) in [4.78, 5) is 17.2. The van der Waals surface area contributed by atoms with Crippen LogP contribution in [-0.2, 0) is 0 Å². The van der Waals surface area contributed by atoms with Crippen molar-refractivity contribution in [3.63, 3.8) is 0 Å². The average Bonchev–Trinajstić information content (AvgIpc) is 2.76. The Balaban J connectivity index is 1.66. The Bertz CT molecular complexity index is 1010. The van der Waals surface area contributed by atoms with Crippen LogP contribution < -0.4 is 20.6 Å². The van der Waals surface area contributed by atoms with Gasteiger partial charge < -0.3 is 9.64 Å². The summed E-state index contributed by atoms with van der Waals surface area (Å²) in [6.07, 6.45) is 1.66. The van der Waals surface area contributed by atoms with Gasteiger partial charge in [-0.1, -0.05) is 12.1 Å². The van der Waals surface area contributed by atoms with Crippen LogP contribution >= 0.6 is 0 Å². The van der Waals surface area contributed by atoms with Gasteiger partial charge in [0.15, 0.2) is 5.69 Å². The summed E-state index contributed by atoms with van der Waals surface area (Å²) in [5.41, 5.74) is 5.33. The molecule has 2 N–H and O–H groups in total. The lowest BCUT2D eigenvalue weighted by atomic mass is 10.1. The number of aromatic amines is 1. The number of aromatic nitrogens is 3. The van der Waals surface area contributed by atoms with Crippen LogP contribution in [0, 0.1) is 0 Å². The van der Waals surface area contributed by atoms with E-state index < -0.39 is 0 Å². The monoisotopic (exact) mass is 392 g/mol. The second-order valence-electron chi connectivity index (χ2n) is 6.21. The number of benzene rings is 2. The summed E-state index contributed by atoms with van der Waals surface area (Å²) in [5, 5.41) is 12.1. The molecule has 0 unspecified atom stereocenters. The molecule has 0 saturated heterocycles. The number of anilines is 2. The minimum absolute atomic E-state index is 0.170. The number of H-pyrrole nitrogens is 1. The van der Waals surface area contributed by atoms with E-state index in [2.05, 4.69) is 56.6 Å². The third-order valence-electron chi connectivity index (χ3n) is 4.47. The first-order valence-electron chi connectivity index (χ1n) is 9.40. The molecule has 8 heteroatoms. The van der Waals surface area contributed by atoms with E-state index in [1.165, 1.54) is 5.69 Å². The number of methoxy groups -OCH3 is 1. The van der Waals surface area contributed by atoms with Gasteiger partial charge in [0, 0.05) is 24.3 Å². The van der Waals surface area contributed by atoms with Crippen LogP contribution in [0.15, 0.2) is 58.4 Å². The third kappa shape index (κ3) is 4.98. The van der Waals surface area contributed by atoms with E-state index in [9.17, 15) is 4.79 Å². The minimum atomic E-state index is -0.355. The van der Waals surface area contributed by atoms with Gasteiger partial charge in [0.05, 0.1) is 13.3 Å². The normalized spacial score (nSPS) is 10.9. The molecule has 0 saturated carbocycles. The van der Waals surface area contributed by atoms with E-state index >= 15 is 0 Å². The van der Waals surface area contributed by atoms with Crippen LogP contribution in [0.4, 0.5) is 11.6 Å². The summed E-state index contributed by atoms with van der Waals surface area (Å²) in [5.74, 6) is 0.874. The molecule has 150 valence electrons. The number of hydrogen-bond acceptors (Lipinski definition) is 7. The fraction of sp³-hybridized carbons (Fsp3) is 0.238. The van der Waals surface area contributed by atoms with E-state index in [1.807, 2.05) is 12.1 Å². The summed E-state index contributed by atoms with van der Waals surface area (Å²) < 4.78 is 5.11.